The molecule has 0 amide bonds. The van der Waals surface area contributed by atoms with E-state index in [1.165, 1.54) is 0 Å². The molecule has 12 aromatic rings. The van der Waals surface area contributed by atoms with Crippen molar-refractivity contribution < 1.29 is 5.11 Å². The van der Waals surface area contributed by atoms with Gasteiger partial charge in [0.1, 0.15) is 0 Å². The molecule has 0 unspecified atom stereocenters. The van der Waals surface area contributed by atoms with Crippen LogP contribution in [-0.4, -0.2) is 49.4 Å². The first-order valence-corrected chi connectivity index (χ1v) is 21.8. The number of H-pyrrole nitrogens is 3. The summed E-state index contributed by atoms with van der Waals surface area (Å²) < 4.78 is 4.74. The summed E-state index contributed by atoms with van der Waals surface area (Å²) in [5.74, 6) is 0. The summed E-state index contributed by atoms with van der Waals surface area (Å²) in [7, 11) is 0. The molecule has 12 rings (SSSR count). The van der Waals surface area contributed by atoms with Gasteiger partial charge in [0, 0.05) is 34.7 Å². The Balaban J connectivity index is 0.000000118. The zero-order valence-electron chi connectivity index (χ0n) is 37.4. The third-order valence-electron chi connectivity index (χ3n) is 12.1. The topological polar surface area (TPSA) is 172 Å². The molecule has 0 bridgehead atoms. The lowest BCUT2D eigenvalue weighted by molar-refractivity contribution is 0.282. The van der Waals surface area contributed by atoms with Crippen molar-refractivity contribution in [2.75, 3.05) is 0 Å². The third-order valence-corrected chi connectivity index (χ3v) is 12.1. The summed E-state index contributed by atoms with van der Waals surface area (Å²) in [6.45, 7) is 10.0. The summed E-state index contributed by atoms with van der Waals surface area (Å²) in [6.07, 6.45) is 4.90. The van der Waals surface area contributed by atoms with E-state index >= 15 is 0 Å². The highest BCUT2D eigenvalue weighted by molar-refractivity contribution is 6.04. The van der Waals surface area contributed by atoms with E-state index < -0.39 is 0 Å². The smallest absolute Gasteiger partial charge is 0.280 e. The zero-order valence-corrected chi connectivity index (χ0v) is 37.4. The molecule has 0 aliphatic carbocycles. The Morgan fingerprint density at radius 3 is 1.31 bits per heavy atom. The Bertz CT molecular complexity index is 4070. The highest BCUT2D eigenvalue weighted by Crippen LogP contribution is 2.25. The number of aromatic nitrogens is 9. The highest BCUT2D eigenvalue weighted by Gasteiger charge is 2.16. The van der Waals surface area contributed by atoms with Crippen LogP contribution in [0.1, 0.15) is 33.4 Å². The van der Waals surface area contributed by atoms with E-state index in [2.05, 4.69) is 30.2 Å². The van der Waals surface area contributed by atoms with Crippen molar-refractivity contribution in [2.24, 2.45) is 0 Å². The van der Waals surface area contributed by atoms with Crippen LogP contribution >= 0.6 is 0 Å². The Hall–Kier alpha value is -8.68. The zero-order chi connectivity index (χ0) is 46.5. The summed E-state index contributed by atoms with van der Waals surface area (Å²) >= 11 is 0. The fraction of sp³-hybridized carbons (Fsp3) is 0.111. The number of nitrogens with zero attached hydrogens (tertiary/aromatic N) is 6. The van der Waals surface area contributed by atoms with E-state index in [4.69, 9.17) is 0 Å². The van der Waals surface area contributed by atoms with Crippen LogP contribution in [0.4, 0.5) is 0 Å². The van der Waals surface area contributed by atoms with Crippen LogP contribution < -0.4 is 16.7 Å². The van der Waals surface area contributed by atoms with Gasteiger partial charge in [-0.3, -0.25) is 44.6 Å². The molecule has 0 aliphatic heterocycles. The SMILES string of the molecule is Cc1ccc2c(c1)ncc1c(=O)n(-c3ccccc3C)[nH]c12.Cc1cccc(-n2[nH]c3c(cnc4cc(C)ccc43)c2=O)c1.Cc1ccccc1-n1[nH]c2c(cnc3cc(CO)ccc32)c1=O. The predicted molar refractivity (Wildman–Crippen MR) is 267 cm³/mol. The van der Waals surface area contributed by atoms with Gasteiger partial charge in [0.25, 0.3) is 16.7 Å². The van der Waals surface area contributed by atoms with Crippen LogP contribution in [0.2, 0.25) is 0 Å². The van der Waals surface area contributed by atoms with Crippen molar-refractivity contribution in [1.82, 2.24) is 44.3 Å². The number of aliphatic hydroxyl groups excluding tert-OH is 1. The molecule has 0 saturated carbocycles. The summed E-state index contributed by atoms with van der Waals surface area (Å²) in [5.41, 5.74) is 13.5. The van der Waals surface area contributed by atoms with E-state index in [0.717, 1.165) is 99.7 Å². The van der Waals surface area contributed by atoms with Gasteiger partial charge in [0.05, 0.1) is 72.9 Å². The minimum atomic E-state index is -0.116. The van der Waals surface area contributed by atoms with Crippen LogP contribution in [0.5, 0.6) is 0 Å². The molecule has 6 heterocycles. The van der Waals surface area contributed by atoms with Gasteiger partial charge in [-0.05, 0) is 110 Å². The van der Waals surface area contributed by atoms with Gasteiger partial charge in [0.2, 0.25) is 0 Å². The van der Waals surface area contributed by atoms with Crippen LogP contribution in [0, 0.1) is 34.6 Å². The minimum Gasteiger partial charge on any atom is -0.392 e. The second-order valence-electron chi connectivity index (χ2n) is 16.9. The molecule has 67 heavy (non-hydrogen) atoms. The molecule has 6 aromatic heterocycles. The largest absolute Gasteiger partial charge is 0.392 e. The Morgan fingerprint density at radius 1 is 0.433 bits per heavy atom. The van der Waals surface area contributed by atoms with Gasteiger partial charge in [0.15, 0.2) is 0 Å². The highest BCUT2D eigenvalue weighted by atomic mass is 16.3. The Morgan fingerprint density at radius 2 is 0.851 bits per heavy atom. The molecule has 13 nitrogen and oxygen atoms in total. The Labute approximate surface area is 382 Å². The van der Waals surface area contributed by atoms with Crippen molar-refractivity contribution in [3.05, 3.63) is 210 Å². The molecular weight excluding hydrogens is 839 g/mol. The molecule has 0 atom stereocenters. The number of fused-ring (bicyclic) bond motifs is 9. The standard InChI is InChI=1S/C18H15N3O2.2C18H15N3O/c1-11-4-2-3-5-16(11)21-18(23)14-9-19-15-8-12(10-22)6-7-13(15)17(14)20-21;1-11-4-3-5-13(8-11)21-18(22)15-10-19-16-9-12(2)6-7-14(16)17(15)20-21;1-11-7-8-13-15(9-11)19-10-14-17(13)20-21(18(14)22)16-6-4-3-5-12(16)2/h2-9,20,22H,10H2,1H3;2*3-10,20H,1-2H3. The van der Waals surface area contributed by atoms with E-state index in [9.17, 15) is 19.5 Å². The fourth-order valence-corrected chi connectivity index (χ4v) is 8.56. The molecule has 13 heteroatoms. The van der Waals surface area contributed by atoms with Crippen LogP contribution in [-0.2, 0) is 6.61 Å². The number of hydrogen-bond acceptors (Lipinski definition) is 7. The number of aromatic amines is 3. The predicted octanol–water partition coefficient (Wildman–Crippen LogP) is 9.64. The van der Waals surface area contributed by atoms with E-state index in [-0.39, 0.29) is 23.3 Å². The van der Waals surface area contributed by atoms with Gasteiger partial charge >= 0.3 is 0 Å². The summed E-state index contributed by atoms with van der Waals surface area (Å²) in [6, 6.07) is 41.1. The maximum Gasteiger partial charge on any atom is 0.280 e. The van der Waals surface area contributed by atoms with Gasteiger partial charge in [-0.25, -0.2) is 14.0 Å². The number of nitrogens with one attached hydrogen (secondary N) is 3. The average Bonchev–Trinajstić information content (AvgIpc) is 3.98. The minimum absolute atomic E-state index is 0.0314. The van der Waals surface area contributed by atoms with E-state index in [1.54, 1.807) is 32.6 Å². The van der Waals surface area contributed by atoms with Crippen molar-refractivity contribution in [1.29, 1.82) is 0 Å². The number of pyridine rings is 3. The van der Waals surface area contributed by atoms with Crippen molar-refractivity contribution in [2.45, 2.75) is 41.2 Å². The van der Waals surface area contributed by atoms with Crippen LogP contribution in [0.25, 0.3) is 82.5 Å². The molecule has 0 saturated heterocycles. The second kappa shape index (κ2) is 17.0. The first-order valence-electron chi connectivity index (χ1n) is 21.8. The van der Waals surface area contributed by atoms with E-state index in [0.29, 0.717) is 16.2 Å². The maximum atomic E-state index is 12.7. The Kier molecular flexibility index (Phi) is 10.7. The summed E-state index contributed by atoms with van der Waals surface area (Å²) in [5, 5.41) is 23.5. The van der Waals surface area contributed by atoms with Gasteiger partial charge < -0.3 is 5.11 Å². The van der Waals surface area contributed by atoms with Gasteiger partial charge in [-0.1, -0.05) is 84.9 Å². The third kappa shape index (κ3) is 7.66. The number of benzene rings is 6. The molecule has 330 valence electrons. The van der Waals surface area contributed by atoms with Crippen molar-refractivity contribution in [3.63, 3.8) is 0 Å². The van der Waals surface area contributed by atoms with Crippen molar-refractivity contribution in [3.8, 4) is 17.1 Å². The molecule has 4 N–H and O–H groups in total. The molecule has 0 fully saturated rings. The van der Waals surface area contributed by atoms with Crippen LogP contribution in [0.15, 0.2) is 160 Å². The molecular formula is C54H45N9O4. The van der Waals surface area contributed by atoms with Crippen molar-refractivity contribution >= 4 is 65.4 Å². The lowest BCUT2D eigenvalue weighted by atomic mass is 10.1. The average molecular weight is 884 g/mol. The lowest BCUT2D eigenvalue weighted by Crippen LogP contribution is -2.15. The monoisotopic (exact) mass is 883 g/mol. The normalized spacial score (nSPS) is 11.4. The second-order valence-corrected chi connectivity index (χ2v) is 16.9. The lowest BCUT2D eigenvalue weighted by Gasteiger charge is -2.04. The number of hydrogen-bond donors (Lipinski definition) is 4. The number of rotatable bonds is 4. The molecule has 6 aromatic carbocycles. The van der Waals surface area contributed by atoms with E-state index in [1.807, 2.05) is 162 Å². The molecule has 0 radical (unpaired) electrons. The molecule has 0 aliphatic rings. The van der Waals surface area contributed by atoms with Crippen LogP contribution in [0.3, 0.4) is 0 Å². The number of para-hydroxylation sites is 2. The number of aliphatic hydroxyl groups is 1. The first-order chi connectivity index (χ1) is 32.5. The maximum absolute atomic E-state index is 12.7. The number of aryl methyl sites for hydroxylation is 5. The van der Waals surface area contributed by atoms with Gasteiger partial charge in [-0.2, -0.15) is 0 Å². The van der Waals surface area contributed by atoms with Gasteiger partial charge in [-0.15, -0.1) is 0 Å². The molecule has 0 spiro atoms. The first kappa shape index (κ1) is 42.3. The quantitative estimate of drug-likeness (QED) is 0.136. The fourth-order valence-electron chi connectivity index (χ4n) is 8.56. The summed E-state index contributed by atoms with van der Waals surface area (Å²) in [4.78, 5) is 51.2.